The molecule has 3 aliphatic carbocycles. The van der Waals surface area contributed by atoms with Gasteiger partial charge in [-0.2, -0.15) is 0 Å². The molecule has 0 spiro atoms. The number of nitrogens with zero attached hydrogens (tertiary/aromatic N) is 1. The third-order valence-electron chi connectivity index (χ3n) is 10.5. The highest BCUT2D eigenvalue weighted by Gasteiger charge is 2.48. The van der Waals surface area contributed by atoms with Crippen molar-refractivity contribution in [3.05, 3.63) is 0 Å². The van der Waals surface area contributed by atoms with E-state index in [-0.39, 0.29) is 17.7 Å². The summed E-state index contributed by atoms with van der Waals surface area (Å²) < 4.78 is 29.2. The van der Waals surface area contributed by atoms with Crippen LogP contribution in [0.2, 0.25) is 0 Å². The van der Waals surface area contributed by atoms with Gasteiger partial charge in [0, 0.05) is 18.1 Å². The van der Waals surface area contributed by atoms with E-state index in [2.05, 4.69) is 26.0 Å². The van der Waals surface area contributed by atoms with Gasteiger partial charge in [-0.05, 0) is 84.0 Å². The van der Waals surface area contributed by atoms with Crippen molar-refractivity contribution in [2.45, 2.75) is 173 Å². The molecule has 0 aromatic carbocycles. The number of hydrogen-bond donors (Lipinski definition) is 5. The number of carbonyl (C=O) groups is 5. The molecule has 5 N–H and O–H groups in total. The number of hydrogen-bond acceptors (Lipinski definition) is 7. The first-order valence-electron chi connectivity index (χ1n) is 18.5. The standard InChI is InChI=1S/C35H60N6O7S/c1-6-14-25(27(42)30(44)36-24-16-17-24)37-29(43)26-15-13-22-41(26)31(45)28(34(5)18-9-7-10-19-34)38-32(46)39-35(20-11-8-12-21-35)23-49(47,48)40-33(2,3)4/h24-26,28,40H,6-23H2,1-5H3,(H,36,44)(H,37,43)(H2,38,39,46)/t25?,26-,28+/m0/s1. The van der Waals surface area contributed by atoms with Crippen LogP contribution in [-0.4, -0.2) is 90.4 Å². The van der Waals surface area contributed by atoms with Crippen molar-refractivity contribution in [2.75, 3.05) is 12.3 Å². The van der Waals surface area contributed by atoms with Crippen LogP contribution in [0.15, 0.2) is 0 Å². The van der Waals surface area contributed by atoms with Crippen molar-refractivity contribution in [3.8, 4) is 0 Å². The highest BCUT2D eigenvalue weighted by Crippen LogP contribution is 2.40. The molecule has 3 saturated carbocycles. The van der Waals surface area contributed by atoms with Crippen LogP contribution in [-0.2, 0) is 29.2 Å². The Labute approximate surface area is 292 Å². The maximum absolute atomic E-state index is 14.5. The first kappa shape index (κ1) is 39.1. The number of urea groups is 1. The van der Waals surface area contributed by atoms with Crippen molar-refractivity contribution >= 4 is 39.6 Å². The van der Waals surface area contributed by atoms with E-state index in [4.69, 9.17) is 0 Å². The van der Waals surface area contributed by atoms with E-state index in [0.29, 0.717) is 57.9 Å². The number of amides is 5. The molecule has 0 radical (unpaired) electrons. The zero-order valence-corrected chi connectivity index (χ0v) is 31.1. The fourth-order valence-corrected chi connectivity index (χ4v) is 10.0. The number of likely N-dealkylation sites (tertiary alicyclic amines) is 1. The average Bonchev–Trinajstić information content (AvgIpc) is 3.68. The molecule has 0 bridgehead atoms. The van der Waals surface area contributed by atoms with E-state index in [1.807, 2.05) is 13.8 Å². The summed E-state index contributed by atoms with van der Waals surface area (Å²) in [6.45, 7) is 9.53. The van der Waals surface area contributed by atoms with Gasteiger partial charge >= 0.3 is 6.03 Å². The second-order valence-electron chi connectivity index (χ2n) is 16.3. The molecule has 13 nitrogen and oxygen atoms in total. The minimum Gasteiger partial charge on any atom is -0.347 e. The molecule has 1 aliphatic heterocycles. The summed E-state index contributed by atoms with van der Waals surface area (Å²) in [5.74, 6) is -2.47. The Balaban J connectivity index is 1.52. The van der Waals surface area contributed by atoms with E-state index >= 15 is 0 Å². The van der Waals surface area contributed by atoms with Gasteiger partial charge in [0.05, 0.1) is 17.3 Å². The van der Waals surface area contributed by atoms with Crippen LogP contribution in [0.25, 0.3) is 0 Å². The summed E-state index contributed by atoms with van der Waals surface area (Å²) >= 11 is 0. The smallest absolute Gasteiger partial charge is 0.315 e. The van der Waals surface area contributed by atoms with E-state index in [1.54, 1.807) is 20.8 Å². The molecule has 49 heavy (non-hydrogen) atoms. The summed E-state index contributed by atoms with van der Waals surface area (Å²) in [5.41, 5.74) is -2.23. The fraction of sp³-hybridized carbons (Fsp3) is 0.857. The van der Waals surface area contributed by atoms with Gasteiger partial charge in [0.1, 0.15) is 12.1 Å². The van der Waals surface area contributed by atoms with Crippen molar-refractivity contribution in [2.24, 2.45) is 5.41 Å². The zero-order chi connectivity index (χ0) is 36.0. The Morgan fingerprint density at radius 3 is 2.04 bits per heavy atom. The van der Waals surface area contributed by atoms with Crippen LogP contribution in [0.3, 0.4) is 0 Å². The Bertz CT molecular complexity index is 1330. The molecule has 0 aromatic heterocycles. The number of nitrogens with one attached hydrogen (secondary N) is 5. The van der Waals surface area contributed by atoms with Gasteiger partial charge in [0.2, 0.25) is 27.6 Å². The van der Waals surface area contributed by atoms with Crippen LogP contribution in [0.1, 0.15) is 137 Å². The summed E-state index contributed by atoms with van der Waals surface area (Å²) in [5, 5.41) is 11.5. The van der Waals surface area contributed by atoms with Crippen LogP contribution >= 0.6 is 0 Å². The Hall–Kier alpha value is -2.74. The summed E-state index contributed by atoms with van der Waals surface area (Å²) in [4.78, 5) is 69.1. The Morgan fingerprint density at radius 2 is 1.47 bits per heavy atom. The Morgan fingerprint density at radius 1 is 0.857 bits per heavy atom. The second kappa shape index (κ2) is 16.1. The predicted molar refractivity (Wildman–Crippen MR) is 187 cm³/mol. The van der Waals surface area contributed by atoms with Gasteiger partial charge < -0.3 is 26.2 Å². The number of ketones is 1. The number of carbonyl (C=O) groups excluding carboxylic acids is 5. The minimum atomic E-state index is -3.74. The van der Waals surface area contributed by atoms with E-state index in [1.165, 1.54) is 4.90 Å². The molecular formula is C35H60N6O7S. The average molecular weight is 709 g/mol. The normalized spacial score (nSPS) is 23.5. The zero-order valence-electron chi connectivity index (χ0n) is 30.3. The van der Waals surface area contributed by atoms with Crippen molar-refractivity contribution in [1.29, 1.82) is 0 Å². The monoisotopic (exact) mass is 708 g/mol. The molecule has 278 valence electrons. The predicted octanol–water partition coefficient (Wildman–Crippen LogP) is 3.17. The summed E-state index contributed by atoms with van der Waals surface area (Å²) in [7, 11) is -3.74. The van der Waals surface area contributed by atoms with Crippen molar-refractivity contribution < 1.29 is 32.4 Å². The molecule has 3 atom stereocenters. The van der Waals surface area contributed by atoms with Crippen LogP contribution < -0.4 is 26.0 Å². The third kappa shape index (κ3) is 10.9. The Kier molecular flexibility index (Phi) is 12.8. The molecule has 4 aliphatic rings. The molecule has 1 unspecified atom stereocenters. The van der Waals surface area contributed by atoms with Crippen LogP contribution in [0.5, 0.6) is 0 Å². The van der Waals surface area contributed by atoms with E-state index in [0.717, 1.165) is 51.4 Å². The third-order valence-corrected chi connectivity index (χ3v) is 12.4. The highest BCUT2D eigenvalue weighted by atomic mass is 32.2. The van der Waals surface area contributed by atoms with Crippen LogP contribution in [0, 0.1) is 5.41 Å². The van der Waals surface area contributed by atoms with Crippen molar-refractivity contribution in [3.63, 3.8) is 0 Å². The summed E-state index contributed by atoms with van der Waals surface area (Å²) in [6.07, 6.45) is 11.3. The van der Waals surface area contributed by atoms with Gasteiger partial charge in [0.25, 0.3) is 5.91 Å². The van der Waals surface area contributed by atoms with E-state index in [9.17, 15) is 32.4 Å². The number of sulfonamides is 1. The number of rotatable bonds is 14. The fourth-order valence-electron chi connectivity index (χ4n) is 7.93. The molecule has 0 aromatic rings. The molecule has 5 amide bonds. The summed E-state index contributed by atoms with van der Waals surface area (Å²) in [6, 6.07) is -3.35. The quantitative estimate of drug-likeness (QED) is 0.172. The molecular weight excluding hydrogens is 648 g/mol. The molecule has 4 fully saturated rings. The van der Waals surface area contributed by atoms with Gasteiger partial charge in [0.15, 0.2) is 0 Å². The van der Waals surface area contributed by atoms with Gasteiger partial charge in [-0.15, -0.1) is 0 Å². The molecule has 4 rings (SSSR count). The molecule has 14 heteroatoms. The lowest BCUT2D eigenvalue weighted by Gasteiger charge is -2.43. The lowest BCUT2D eigenvalue weighted by Crippen LogP contribution is -2.64. The SMILES string of the molecule is CCCC(NC(=O)[C@@H]1CCCN1C(=O)[C@@H](NC(=O)NC1(CS(=O)(=O)NC(C)(C)C)CCCCC1)C1(C)CCCCC1)C(=O)C(=O)NC1CC1. The first-order valence-corrected chi connectivity index (χ1v) is 20.2. The maximum atomic E-state index is 14.5. The minimum absolute atomic E-state index is 0.0118. The topological polar surface area (TPSA) is 183 Å². The number of Topliss-reactive ketones (excluding diaryl/α,β-unsaturated/α-hetero) is 1. The first-order chi connectivity index (χ1) is 23.0. The van der Waals surface area contributed by atoms with Gasteiger partial charge in [-0.25, -0.2) is 17.9 Å². The highest BCUT2D eigenvalue weighted by molar-refractivity contribution is 7.89. The lowest BCUT2D eigenvalue weighted by molar-refractivity contribution is -0.144. The van der Waals surface area contributed by atoms with Gasteiger partial charge in [-0.3, -0.25) is 19.2 Å². The van der Waals surface area contributed by atoms with E-state index < -0.39 is 68.3 Å². The molecule has 1 saturated heterocycles. The molecule has 1 heterocycles. The van der Waals surface area contributed by atoms with Crippen LogP contribution in [0.4, 0.5) is 4.79 Å². The lowest BCUT2D eigenvalue weighted by atomic mass is 9.70. The van der Waals surface area contributed by atoms with Gasteiger partial charge in [-0.1, -0.05) is 58.8 Å². The maximum Gasteiger partial charge on any atom is 0.315 e. The van der Waals surface area contributed by atoms with Crippen molar-refractivity contribution in [1.82, 2.24) is 30.9 Å². The largest absolute Gasteiger partial charge is 0.347 e. The second-order valence-corrected chi connectivity index (χ2v) is 18.1.